The monoisotopic (exact) mass is 249 g/mol. The maximum Gasteiger partial charge on any atom is 0.328 e. The lowest BCUT2D eigenvalue weighted by atomic mass is 10.1. The molecule has 1 atom stereocenters. The van der Waals surface area contributed by atoms with E-state index < -0.39 is 0 Å². The average molecular weight is 249 g/mol. The van der Waals surface area contributed by atoms with Crippen molar-refractivity contribution in [1.29, 1.82) is 0 Å². The molecule has 1 unspecified atom stereocenters. The summed E-state index contributed by atoms with van der Waals surface area (Å²) in [5.41, 5.74) is 2.15. The molecule has 0 radical (unpaired) electrons. The highest BCUT2D eigenvalue weighted by atomic mass is 16.5. The number of hydrogen-bond donors (Lipinski definition) is 1. The minimum absolute atomic E-state index is 0.160. The first kappa shape index (κ1) is 14.6. The number of esters is 1. The van der Waals surface area contributed by atoms with Gasteiger partial charge >= 0.3 is 5.97 Å². The van der Waals surface area contributed by atoms with Gasteiger partial charge in [0.25, 0.3) is 0 Å². The molecule has 0 aliphatic carbocycles. The van der Waals surface area contributed by atoms with E-state index in [0.717, 1.165) is 24.9 Å². The van der Waals surface area contributed by atoms with E-state index in [1.807, 2.05) is 38.1 Å². The van der Waals surface area contributed by atoms with Gasteiger partial charge in [0.05, 0.1) is 6.61 Å². The lowest BCUT2D eigenvalue weighted by molar-refractivity contribution is -0.144. The van der Waals surface area contributed by atoms with Crippen molar-refractivity contribution in [3.05, 3.63) is 29.8 Å². The summed E-state index contributed by atoms with van der Waals surface area (Å²) in [6.45, 7) is 6.42. The largest absolute Gasteiger partial charge is 0.464 e. The van der Waals surface area contributed by atoms with E-state index in [2.05, 4.69) is 12.2 Å². The van der Waals surface area contributed by atoms with Crippen LogP contribution in [0.15, 0.2) is 24.3 Å². The van der Waals surface area contributed by atoms with Crippen molar-refractivity contribution in [2.45, 2.75) is 46.1 Å². The number of hydrogen-bond acceptors (Lipinski definition) is 3. The molecule has 0 fully saturated rings. The van der Waals surface area contributed by atoms with E-state index in [0.29, 0.717) is 6.61 Å². The van der Waals surface area contributed by atoms with Crippen molar-refractivity contribution in [3.63, 3.8) is 0 Å². The maximum atomic E-state index is 11.9. The van der Waals surface area contributed by atoms with Gasteiger partial charge in [0.15, 0.2) is 0 Å². The van der Waals surface area contributed by atoms with Crippen LogP contribution < -0.4 is 5.32 Å². The zero-order valence-corrected chi connectivity index (χ0v) is 11.5. The van der Waals surface area contributed by atoms with Crippen LogP contribution in [-0.2, 0) is 9.53 Å². The van der Waals surface area contributed by atoms with Crippen LogP contribution in [0.4, 0.5) is 5.69 Å². The highest BCUT2D eigenvalue weighted by Crippen LogP contribution is 2.14. The van der Waals surface area contributed by atoms with E-state index in [-0.39, 0.29) is 12.0 Å². The highest BCUT2D eigenvalue weighted by molar-refractivity contribution is 5.79. The second-order valence-corrected chi connectivity index (χ2v) is 4.46. The molecule has 0 heterocycles. The van der Waals surface area contributed by atoms with Gasteiger partial charge < -0.3 is 10.1 Å². The summed E-state index contributed by atoms with van der Waals surface area (Å²) in [7, 11) is 0. The van der Waals surface area contributed by atoms with Gasteiger partial charge in [0, 0.05) is 5.69 Å². The quantitative estimate of drug-likeness (QED) is 0.751. The van der Waals surface area contributed by atoms with E-state index in [1.165, 1.54) is 5.56 Å². The molecule has 0 spiro atoms. The molecule has 0 aromatic heterocycles. The smallest absolute Gasteiger partial charge is 0.328 e. The molecule has 1 rings (SSSR count). The minimum atomic E-state index is -0.244. The van der Waals surface area contributed by atoms with Crippen LogP contribution in [0.25, 0.3) is 0 Å². The number of anilines is 1. The third-order valence-corrected chi connectivity index (χ3v) is 2.78. The SMILES string of the molecule is CCCCC(Nc1cccc(C)c1)C(=O)OCC. The summed E-state index contributed by atoms with van der Waals surface area (Å²) in [5, 5.41) is 3.26. The van der Waals surface area contributed by atoms with Gasteiger partial charge in [-0.1, -0.05) is 31.9 Å². The highest BCUT2D eigenvalue weighted by Gasteiger charge is 2.18. The van der Waals surface area contributed by atoms with E-state index in [9.17, 15) is 4.79 Å². The Balaban J connectivity index is 2.68. The lowest BCUT2D eigenvalue weighted by Crippen LogP contribution is -2.31. The third-order valence-electron chi connectivity index (χ3n) is 2.78. The van der Waals surface area contributed by atoms with Crippen molar-refractivity contribution in [2.75, 3.05) is 11.9 Å². The summed E-state index contributed by atoms with van der Waals surface area (Å²) in [6.07, 6.45) is 2.90. The van der Waals surface area contributed by atoms with Crippen LogP contribution in [0.1, 0.15) is 38.7 Å². The summed E-state index contributed by atoms with van der Waals surface area (Å²) >= 11 is 0. The molecular formula is C15H23NO2. The Morgan fingerprint density at radius 3 is 2.78 bits per heavy atom. The lowest BCUT2D eigenvalue weighted by Gasteiger charge is -2.18. The average Bonchev–Trinajstić information content (AvgIpc) is 2.34. The Morgan fingerprint density at radius 1 is 1.39 bits per heavy atom. The van der Waals surface area contributed by atoms with Crippen LogP contribution in [0.5, 0.6) is 0 Å². The number of nitrogens with one attached hydrogen (secondary N) is 1. The molecule has 1 aromatic carbocycles. The van der Waals surface area contributed by atoms with Crippen molar-refractivity contribution < 1.29 is 9.53 Å². The fourth-order valence-electron chi connectivity index (χ4n) is 1.84. The standard InChI is InChI=1S/C15H23NO2/c1-4-6-10-14(15(17)18-5-2)16-13-9-7-8-12(3)11-13/h7-9,11,14,16H,4-6,10H2,1-3H3. The molecule has 0 amide bonds. The number of carbonyl (C=O) groups is 1. The number of rotatable bonds is 7. The van der Waals surface area contributed by atoms with E-state index >= 15 is 0 Å². The molecule has 0 saturated heterocycles. The first-order valence-electron chi connectivity index (χ1n) is 6.67. The second-order valence-electron chi connectivity index (χ2n) is 4.46. The fraction of sp³-hybridized carbons (Fsp3) is 0.533. The van der Waals surface area contributed by atoms with Crippen molar-refractivity contribution in [3.8, 4) is 0 Å². The predicted octanol–water partition coefficient (Wildman–Crippen LogP) is 3.53. The zero-order chi connectivity index (χ0) is 13.4. The van der Waals surface area contributed by atoms with Crippen molar-refractivity contribution in [2.24, 2.45) is 0 Å². The Hall–Kier alpha value is -1.51. The molecule has 1 N–H and O–H groups in total. The van der Waals surface area contributed by atoms with E-state index in [4.69, 9.17) is 4.74 Å². The molecule has 0 aliphatic heterocycles. The van der Waals surface area contributed by atoms with Gasteiger partial charge in [-0.25, -0.2) is 4.79 Å². The number of carbonyl (C=O) groups excluding carboxylic acids is 1. The molecule has 0 saturated carbocycles. The van der Waals surface area contributed by atoms with Crippen LogP contribution in [0.2, 0.25) is 0 Å². The first-order chi connectivity index (χ1) is 8.67. The molecule has 0 aliphatic rings. The van der Waals surface area contributed by atoms with Crippen LogP contribution >= 0.6 is 0 Å². The van der Waals surface area contributed by atoms with Crippen molar-refractivity contribution in [1.82, 2.24) is 0 Å². The molecule has 3 nitrogen and oxygen atoms in total. The number of aryl methyl sites for hydroxylation is 1. The van der Waals surface area contributed by atoms with Gasteiger partial charge in [-0.3, -0.25) is 0 Å². The van der Waals surface area contributed by atoms with Gasteiger partial charge in [-0.2, -0.15) is 0 Å². The van der Waals surface area contributed by atoms with Crippen LogP contribution in [0, 0.1) is 6.92 Å². The Kier molecular flexibility index (Phi) is 6.26. The first-order valence-corrected chi connectivity index (χ1v) is 6.67. The van der Waals surface area contributed by atoms with Crippen LogP contribution in [-0.4, -0.2) is 18.6 Å². The fourth-order valence-corrected chi connectivity index (χ4v) is 1.84. The number of ether oxygens (including phenoxy) is 1. The minimum Gasteiger partial charge on any atom is -0.464 e. The number of unbranched alkanes of at least 4 members (excludes halogenated alkanes) is 1. The summed E-state index contributed by atoms with van der Waals surface area (Å²) in [5.74, 6) is -0.160. The summed E-state index contributed by atoms with van der Waals surface area (Å²) < 4.78 is 5.10. The molecular weight excluding hydrogens is 226 g/mol. The normalized spacial score (nSPS) is 11.9. The van der Waals surface area contributed by atoms with Gasteiger partial charge in [0.2, 0.25) is 0 Å². The van der Waals surface area contributed by atoms with Gasteiger partial charge in [-0.05, 0) is 38.0 Å². The molecule has 100 valence electrons. The maximum absolute atomic E-state index is 11.9. The van der Waals surface area contributed by atoms with Crippen molar-refractivity contribution >= 4 is 11.7 Å². The molecule has 3 heteroatoms. The van der Waals surface area contributed by atoms with Gasteiger partial charge in [-0.15, -0.1) is 0 Å². The molecule has 0 bridgehead atoms. The molecule has 1 aromatic rings. The Bertz CT molecular complexity index is 377. The molecule has 18 heavy (non-hydrogen) atoms. The summed E-state index contributed by atoms with van der Waals surface area (Å²) in [6, 6.07) is 7.80. The predicted molar refractivity (Wildman–Crippen MR) is 74.7 cm³/mol. The van der Waals surface area contributed by atoms with Crippen LogP contribution in [0.3, 0.4) is 0 Å². The Labute approximate surface area is 110 Å². The van der Waals surface area contributed by atoms with Gasteiger partial charge in [0.1, 0.15) is 6.04 Å². The van der Waals surface area contributed by atoms with E-state index in [1.54, 1.807) is 0 Å². The Morgan fingerprint density at radius 2 is 2.17 bits per heavy atom. The zero-order valence-electron chi connectivity index (χ0n) is 11.5. The summed E-state index contributed by atoms with van der Waals surface area (Å²) in [4.78, 5) is 11.9. The third kappa shape index (κ3) is 4.78. The second kappa shape index (κ2) is 7.75. The topological polar surface area (TPSA) is 38.3 Å². The number of benzene rings is 1.